The summed E-state index contributed by atoms with van der Waals surface area (Å²) < 4.78 is 40.3. The van der Waals surface area contributed by atoms with Crippen LogP contribution < -0.4 is 5.32 Å². The van der Waals surface area contributed by atoms with E-state index in [0.717, 1.165) is 23.1 Å². The number of nitrogens with zero attached hydrogens (tertiary/aromatic N) is 4. The van der Waals surface area contributed by atoms with Gasteiger partial charge in [-0.3, -0.25) is 9.59 Å². The number of rotatable bonds is 7. The Morgan fingerprint density at radius 3 is 2.76 bits per heavy atom. The van der Waals surface area contributed by atoms with E-state index in [1.54, 1.807) is 19.1 Å². The average molecular weight is 445 g/mol. The lowest BCUT2D eigenvalue weighted by atomic mass is 10.3. The van der Waals surface area contributed by atoms with Crippen molar-refractivity contribution >= 4 is 40.4 Å². The summed E-state index contributed by atoms with van der Waals surface area (Å²) in [6.07, 6.45) is -4.72. The number of aryl methyl sites for hydroxylation is 1. The fourth-order valence-electron chi connectivity index (χ4n) is 2.26. The molecule has 2 N–H and O–H groups in total. The number of aliphatic hydroxyl groups is 1. The molecule has 3 heterocycles. The summed E-state index contributed by atoms with van der Waals surface area (Å²) in [5.74, 6) is -2.28. The number of fused-ring (bicyclic) bond motifs is 1. The number of alkyl halides is 3. The number of amides is 1. The normalized spacial score (nSPS) is 11.8. The predicted octanol–water partition coefficient (Wildman–Crippen LogP) is 2.10. The standard InChI is InChI=1S/C16H14F3N5O3S2/c1-8-4-12-21-14(16(17,18)19)22-15(24(12)23-8)28-7-10(26)11-3-2-9(29-11)5-20-13(27)6-25/h2-4,25H,5-7H2,1H3,(H,20,27). The third-order valence-electron chi connectivity index (χ3n) is 3.54. The van der Waals surface area contributed by atoms with Crippen molar-refractivity contribution < 1.29 is 27.9 Å². The largest absolute Gasteiger partial charge is 0.451 e. The first-order valence-corrected chi connectivity index (χ1v) is 9.91. The van der Waals surface area contributed by atoms with Crippen molar-refractivity contribution in [1.29, 1.82) is 0 Å². The van der Waals surface area contributed by atoms with Crippen LogP contribution in [-0.4, -0.2) is 48.7 Å². The molecule has 0 spiro atoms. The van der Waals surface area contributed by atoms with Gasteiger partial charge in [0.05, 0.1) is 22.9 Å². The molecule has 0 atom stereocenters. The quantitative estimate of drug-likeness (QED) is 0.423. The molecular weight excluding hydrogens is 431 g/mol. The molecule has 0 unspecified atom stereocenters. The number of hydrogen-bond acceptors (Lipinski definition) is 8. The number of aliphatic hydroxyl groups excluding tert-OH is 1. The molecule has 13 heteroatoms. The first-order valence-electron chi connectivity index (χ1n) is 8.11. The van der Waals surface area contributed by atoms with Gasteiger partial charge in [0.2, 0.25) is 11.7 Å². The Morgan fingerprint density at radius 1 is 1.31 bits per heavy atom. The van der Waals surface area contributed by atoms with Crippen molar-refractivity contribution in [3.63, 3.8) is 0 Å². The van der Waals surface area contributed by atoms with Gasteiger partial charge in [0, 0.05) is 10.9 Å². The second kappa shape index (κ2) is 8.47. The summed E-state index contributed by atoms with van der Waals surface area (Å²) in [7, 11) is 0. The summed E-state index contributed by atoms with van der Waals surface area (Å²) in [6, 6.07) is 4.62. The van der Waals surface area contributed by atoms with E-state index in [1.165, 1.54) is 10.6 Å². The minimum absolute atomic E-state index is 0.00203. The first kappa shape index (κ1) is 21.2. The van der Waals surface area contributed by atoms with Crippen LogP contribution in [0.2, 0.25) is 0 Å². The molecule has 3 rings (SSSR count). The fraction of sp³-hybridized carbons (Fsp3) is 0.312. The molecule has 0 saturated heterocycles. The number of carbonyl (C=O) groups is 2. The molecule has 3 aromatic rings. The van der Waals surface area contributed by atoms with Crippen molar-refractivity contribution in [2.75, 3.05) is 12.4 Å². The summed E-state index contributed by atoms with van der Waals surface area (Å²) in [6.45, 7) is 1.15. The molecule has 0 aliphatic carbocycles. The van der Waals surface area contributed by atoms with Gasteiger partial charge in [0.25, 0.3) is 0 Å². The van der Waals surface area contributed by atoms with Crippen molar-refractivity contribution in [3.05, 3.63) is 39.5 Å². The number of thiophene rings is 1. The zero-order chi connectivity index (χ0) is 21.2. The molecule has 0 saturated carbocycles. The minimum Gasteiger partial charge on any atom is -0.387 e. The van der Waals surface area contributed by atoms with E-state index in [1.807, 2.05) is 0 Å². The lowest BCUT2D eigenvalue weighted by molar-refractivity contribution is -0.145. The van der Waals surface area contributed by atoms with Crippen molar-refractivity contribution in [1.82, 2.24) is 24.9 Å². The highest BCUT2D eigenvalue weighted by atomic mass is 32.2. The lowest BCUT2D eigenvalue weighted by Gasteiger charge is -2.08. The van der Waals surface area contributed by atoms with Crippen LogP contribution in [0, 0.1) is 6.92 Å². The van der Waals surface area contributed by atoms with Gasteiger partial charge < -0.3 is 10.4 Å². The zero-order valence-electron chi connectivity index (χ0n) is 14.9. The monoisotopic (exact) mass is 445 g/mol. The lowest BCUT2D eigenvalue weighted by Crippen LogP contribution is -2.25. The van der Waals surface area contributed by atoms with Gasteiger partial charge in [0.1, 0.15) is 6.61 Å². The summed E-state index contributed by atoms with van der Waals surface area (Å²) >= 11 is 1.98. The van der Waals surface area contributed by atoms with Crippen LogP contribution in [0.4, 0.5) is 13.2 Å². The molecule has 0 aliphatic rings. The maximum atomic E-state index is 13.0. The van der Waals surface area contributed by atoms with Crippen LogP contribution in [0.5, 0.6) is 0 Å². The highest BCUT2D eigenvalue weighted by Gasteiger charge is 2.36. The Labute approximate surface area is 170 Å². The summed E-state index contributed by atoms with van der Waals surface area (Å²) in [4.78, 5) is 31.6. The number of aromatic nitrogens is 4. The third kappa shape index (κ3) is 5.10. The molecule has 29 heavy (non-hydrogen) atoms. The Kier molecular flexibility index (Phi) is 6.19. The second-order valence-electron chi connectivity index (χ2n) is 5.80. The number of thioether (sulfide) groups is 1. The molecular formula is C16H14F3N5O3S2. The van der Waals surface area contributed by atoms with Gasteiger partial charge in [0.15, 0.2) is 16.6 Å². The van der Waals surface area contributed by atoms with E-state index in [9.17, 15) is 22.8 Å². The predicted molar refractivity (Wildman–Crippen MR) is 98.8 cm³/mol. The molecule has 8 nitrogen and oxygen atoms in total. The molecule has 154 valence electrons. The summed E-state index contributed by atoms with van der Waals surface area (Å²) in [5.41, 5.74) is 0.470. The average Bonchev–Trinajstić information content (AvgIpc) is 3.28. The second-order valence-corrected chi connectivity index (χ2v) is 7.91. The van der Waals surface area contributed by atoms with Crippen LogP contribution in [0.1, 0.15) is 26.1 Å². The molecule has 0 radical (unpaired) electrons. The third-order valence-corrected chi connectivity index (χ3v) is 5.60. The maximum absolute atomic E-state index is 13.0. The highest BCUT2D eigenvalue weighted by Crippen LogP contribution is 2.29. The number of ketones is 1. The van der Waals surface area contributed by atoms with Gasteiger partial charge in [-0.2, -0.15) is 27.8 Å². The Bertz CT molecular complexity index is 1060. The van der Waals surface area contributed by atoms with Gasteiger partial charge in [-0.1, -0.05) is 11.8 Å². The number of carbonyl (C=O) groups excluding carboxylic acids is 2. The number of hydrogen-bond donors (Lipinski definition) is 2. The first-order chi connectivity index (χ1) is 13.7. The molecule has 0 bridgehead atoms. The molecule has 0 aliphatic heterocycles. The van der Waals surface area contributed by atoms with Gasteiger partial charge in [-0.15, -0.1) is 11.3 Å². The van der Waals surface area contributed by atoms with Crippen LogP contribution in [-0.2, 0) is 17.5 Å². The van der Waals surface area contributed by atoms with Crippen LogP contribution >= 0.6 is 23.1 Å². The number of Topliss-reactive ketones (excluding diaryl/α,β-unsaturated/α-hetero) is 1. The van der Waals surface area contributed by atoms with E-state index in [-0.39, 0.29) is 28.9 Å². The Balaban J connectivity index is 1.74. The van der Waals surface area contributed by atoms with Crippen molar-refractivity contribution in [3.8, 4) is 0 Å². The molecule has 0 fully saturated rings. The van der Waals surface area contributed by atoms with E-state index in [2.05, 4.69) is 20.4 Å². The topological polar surface area (TPSA) is 109 Å². The van der Waals surface area contributed by atoms with Crippen LogP contribution in [0.3, 0.4) is 0 Å². The van der Waals surface area contributed by atoms with Gasteiger partial charge >= 0.3 is 6.18 Å². The van der Waals surface area contributed by atoms with E-state index >= 15 is 0 Å². The smallest absolute Gasteiger partial charge is 0.387 e. The fourth-order valence-corrected chi connectivity index (χ4v) is 4.06. The van der Waals surface area contributed by atoms with Crippen LogP contribution in [0.15, 0.2) is 23.4 Å². The van der Waals surface area contributed by atoms with Gasteiger partial charge in [-0.25, -0.2) is 4.98 Å². The number of halogens is 3. The Morgan fingerprint density at radius 2 is 2.07 bits per heavy atom. The maximum Gasteiger partial charge on any atom is 0.451 e. The molecule has 0 aromatic carbocycles. The van der Waals surface area contributed by atoms with E-state index < -0.39 is 24.5 Å². The summed E-state index contributed by atoms with van der Waals surface area (Å²) in [5, 5.41) is 15.1. The van der Waals surface area contributed by atoms with Crippen molar-refractivity contribution in [2.45, 2.75) is 24.8 Å². The zero-order valence-corrected chi connectivity index (χ0v) is 16.5. The van der Waals surface area contributed by atoms with Gasteiger partial charge in [-0.05, 0) is 19.1 Å². The minimum atomic E-state index is -4.72. The highest BCUT2D eigenvalue weighted by molar-refractivity contribution is 7.99. The Hall–Kier alpha value is -2.51. The SMILES string of the molecule is Cc1cc2nc(C(F)(F)F)nc(SCC(=O)c3ccc(CNC(=O)CO)s3)n2n1. The van der Waals surface area contributed by atoms with Crippen LogP contribution in [0.25, 0.3) is 5.65 Å². The van der Waals surface area contributed by atoms with E-state index in [0.29, 0.717) is 15.4 Å². The molecule has 1 amide bonds. The van der Waals surface area contributed by atoms with Crippen molar-refractivity contribution in [2.24, 2.45) is 0 Å². The van der Waals surface area contributed by atoms with E-state index in [4.69, 9.17) is 5.11 Å². The number of nitrogens with one attached hydrogen (secondary N) is 1. The molecule has 3 aromatic heterocycles.